The highest BCUT2D eigenvalue weighted by Crippen LogP contribution is 2.48. The molecule has 7 heteroatoms. The van der Waals surface area contributed by atoms with Crippen LogP contribution in [0, 0.1) is 29.5 Å². The summed E-state index contributed by atoms with van der Waals surface area (Å²) >= 11 is 0. The fraction of sp³-hybridized carbons (Fsp3) is 0. The van der Waals surface area contributed by atoms with Gasteiger partial charge in [0.2, 0.25) is 0 Å². The lowest BCUT2D eigenvalue weighted by molar-refractivity contribution is 0.567. The molecule has 0 aliphatic carbocycles. The molecular formula is C50H27F2N5. The van der Waals surface area contributed by atoms with Crippen LogP contribution in [0.15, 0.2) is 164 Å². The number of rotatable bonds is 4. The highest BCUT2D eigenvalue weighted by atomic mass is 19.1. The molecule has 0 fully saturated rings. The van der Waals surface area contributed by atoms with Crippen molar-refractivity contribution in [3.8, 4) is 34.3 Å². The third kappa shape index (κ3) is 4.51. The lowest BCUT2D eigenvalue weighted by Crippen LogP contribution is -2.14. The molecule has 0 unspecified atom stereocenters. The van der Waals surface area contributed by atoms with Crippen molar-refractivity contribution in [2.75, 3.05) is 0 Å². The molecule has 266 valence electrons. The van der Waals surface area contributed by atoms with Crippen molar-refractivity contribution >= 4 is 71.1 Å². The second kappa shape index (κ2) is 12.3. The Kier molecular flexibility index (Phi) is 6.98. The summed E-state index contributed by atoms with van der Waals surface area (Å²) in [5, 5.41) is 15.6. The first-order valence-electron chi connectivity index (χ1n) is 18.5. The average molecular weight is 736 g/mol. The summed E-state index contributed by atoms with van der Waals surface area (Å²) < 4.78 is 43.3. The van der Waals surface area contributed by atoms with E-state index >= 15 is 8.78 Å². The molecule has 0 aliphatic heterocycles. The third-order valence-corrected chi connectivity index (χ3v) is 11.2. The van der Waals surface area contributed by atoms with Crippen LogP contribution in [0.2, 0.25) is 0 Å². The van der Waals surface area contributed by atoms with E-state index < -0.39 is 11.6 Å². The molecule has 8 aromatic carbocycles. The maximum Gasteiger partial charge on any atom is 0.189 e. The van der Waals surface area contributed by atoms with Gasteiger partial charge in [-0.05, 0) is 60.2 Å². The molecule has 3 aromatic heterocycles. The van der Waals surface area contributed by atoms with Crippen molar-refractivity contribution in [2.45, 2.75) is 0 Å². The number of nitriles is 1. The Bertz CT molecular complexity index is 3260. The molecule has 0 N–H and O–H groups in total. The lowest BCUT2D eigenvalue weighted by Gasteiger charge is -2.25. The summed E-state index contributed by atoms with van der Waals surface area (Å²) in [7, 11) is 0. The molecule has 0 atom stereocenters. The van der Waals surface area contributed by atoms with Crippen molar-refractivity contribution in [3.05, 3.63) is 192 Å². The van der Waals surface area contributed by atoms with Crippen molar-refractivity contribution in [1.82, 2.24) is 13.7 Å². The van der Waals surface area contributed by atoms with Crippen LogP contribution in [-0.2, 0) is 0 Å². The van der Waals surface area contributed by atoms with Gasteiger partial charge in [-0.25, -0.2) is 13.6 Å². The Morgan fingerprint density at radius 1 is 0.439 bits per heavy atom. The summed E-state index contributed by atoms with van der Waals surface area (Å²) in [6, 6.07) is 53.5. The van der Waals surface area contributed by atoms with Gasteiger partial charge in [-0.1, -0.05) is 109 Å². The molecule has 11 rings (SSSR count). The van der Waals surface area contributed by atoms with Gasteiger partial charge in [-0.3, -0.25) is 0 Å². The Balaban J connectivity index is 1.46. The summed E-state index contributed by atoms with van der Waals surface area (Å²) in [5.41, 5.74) is 5.01. The molecule has 0 saturated heterocycles. The van der Waals surface area contributed by atoms with Crippen molar-refractivity contribution in [1.29, 1.82) is 5.26 Å². The average Bonchev–Trinajstić information content (AvgIpc) is 3.90. The van der Waals surface area contributed by atoms with Crippen LogP contribution in [0.5, 0.6) is 0 Å². The maximum absolute atomic E-state index is 18.9. The SMILES string of the molecule is [C-]#[N+]c1cc(C#N)cc(-c2c(-n3c4ccccc4c4ccccc43)c(F)c(-n3c4ccccc4c4ccccc43)c(F)c2-n2c3ccccc3c3ccccc32)c1. The largest absolute Gasteiger partial charge is 0.306 e. The Morgan fingerprint density at radius 2 is 0.754 bits per heavy atom. The van der Waals surface area contributed by atoms with Crippen molar-refractivity contribution < 1.29 is 8.78 Å². The first kappa shape index (κ1) is 32.4. The van der Waals surface area contributed by atoms with Crippen molar-refractivity contribution in [2.24, 2.45) is 0 Å². The number of benzene rings is 8. The minimum atomic E-state index is -0.795. The third-order valence-electron chi connectivity index (χ3n) is 11.2. The Labute approximate surface area is 324 Å². The van der Waals surface area contributed by atoms with Crippen LogP contribution < -0.4 is 0 Å². The van der Waals surface area contributed by atoms with Gasteiger partial charge in [0.05, 0.1) is 57.1 Å². The number of hydrogen-bond acceptors (Lipinski definition) is 1. The Morgan fingerprint density at radius 3 is 1.07 bits per heavy atom. The van der Waals surface area contributed by atoms with E-state index in [4.69, 9.17) is 6.57 Å². The quantitative estimate of drug-likeness (QED) is 0.166. The van der Waals surface area contributed by atoms with E-state index in [2.05, 4.69) is 10.9 Å². The first-order valence-corrected chi connectivity index (χ1v) is 18.5. The molecular weight excluding hydrogens is 709 g/mol. The van der Waals surface area contributed by atoms with Crippen LogP contribution in [-0.4, -0.2) is 13.7 Å². The standard InChI is InChI=1S/C50H27F2N5/c1-54-32-27-30(29-53)26-31(28-32)45-48(55-39-20-8-2-14-33(39)34-15-3-9-21-40(34)55)46(51)50(57-43-24-12-6-18-37(43)38-19-7-13-25-44(38)57)47(52)49(45)56-41-22-10-4-16-35(41)36-17-5-11-23-42(36)56/h2-28H. The zero-order valence-corrected chi connectivity index (χ0v) is 30.1. The molecule has 57 heavy (non-hydrogen) atoms. The molecule has 5 nitrogen and oxygen atoms in total. The van der Waals surface area contributed by atoms with Gasteiger partial charge in [0, 0.05) is 43.4 Å². The molecule has 0 saturated carbocycles. The molecule has 0 radical (unpaired) electrons. The fourth-order valence-electron chi connectivity index (χ4n) is 8.92. The molecule has 3 heterocycles. The van der Waals surface area contributed by atoms with E-state index in [-0.39, 0.29) is 33.9 Å². The minimum Gasteiger partial charge on any atom is -0.306 e. The smallest absolute Gasteiger partial charge is 0.189 e. The monoisotopic (exact) mass is 735 g/mol. The number of aromatic nitrogens is 3. The molecule has 0 bridgehead atoms. The lowest BCUT2D eigenvalue weighted by atomic mass is 9.96. The van der Waals surface area contributed by atoms with E-state index in [9.17, 15) is 5.26 Å². The number of para-hydroxylation sites is 6. The van der Waals surface area contributed by atoms with Gasteiger partial charge in [-0.2, -0.15) is 5.26 Å². The van der Waals surface area contributed by atoms with Crippen LogP contribution in [0.1, 0.15) is 5.56 Å². The van der Waals surface area contributed by atoms with Gasteiger partial charge in [0.1, 0.15) is 5.69 Å². The predicted octanol–water partition coefficient (Wildman–Crippen LogP) is 13.3. The zero-order chi connectivity index (χ0) is 38.4. The van der Waals surface area contributed by atoms with Gasteiger partial charge in [0.25, 0.3) is 0 Å². The fourth-order valence-corrected chi connectivity index (χ4v) is 8.92. The van der Waals surface area contributed by atoms with E-state index in [0.29, 0.717) is 38.7 Å². The molecule has 0 spiro atoms. The van der Waals surface area contributed by atoms with Crippen LogP contribution in [0.4, 0.5) is 14.5 Å². The van der Waals surface area contributed by atoms with Gasteiger partial charge >= 0.3 is 0 Å². The van der Waals surface area contributed by atoms with Gasteiger partial charge < -0.3 is 13.7 Å². The molecule has 0 aliphatic rings. The zero-order valence-electron chi connectivity index (χ0n) is 30.1. The summed E-state index contributed by atoms with van der Waals surface area (Å²) in [5.74, 6) is -1.59. The van der Waals surface area contributed by atoms with E-state index in [0.717, 1.165) is 32.3 Å². The summed E-state index contributed by atoms with van der Waals surface area (Å²) in [6.45, 7) is 8.01. The number of hydrogen-bond donors (Lipinski definition) is 0. The summed E-state index contributed by atoms with van der Waals surface area (Å²) in [6.07, 6.45) is 0. The first-order chi connectivity index (χ1) is 28.1. The van der Waals surface area contributed by atoms with Crippen LogP contribution >= 0.6 is 0 Å². The second-order valence-electron chi connectivity index (χ2n) is 14.2. The van der Waals surface area contributed by atoms with Crippen molar-refractivity contribution in [3.63, 3.8) is 0 Å². The van der Waals surface area contributed by atoms with Gasteiger partial charge in [-0.15, -0.1) is 0 Å². The van der Waals surface area contributed by atoms with E-state index in [1.807, 2.05) is 155 Å². The minimum absolute atomic E-state index is 0.0912. The number of halogens is 2. The van der Waals surface area contributed by atoms with Crippen LogP contribution in [0.25, 0.3) is 98.5 Å². The predicted molar refractivity (Wildman–Crippen MR) is 226 cm³/mol. The highest BCUT2D eigenvalue weighted by Gasteiger charge is 2.33. The Hall–Kier alpha value is -8.00. The normalized spacial score (nSPS) is 11.6. The van der Waals surface area contributed by atoms with Crippen LogP contribution in [0.3, 0.4) is 0 Å². The number of fused-ring (bicyclic) bond motifs is 9. The van der Waals surface area contributed by atoms with E-state index in [1.54, 1.807) is 16.7 Å². The van der Waals surface area contributed by atoms with Gasteiger partial charge in [0.15, 0.2) is 17.3 Å². The maximum atomic E-state index is 18.9. The van der Waals surface area contributed by atoms with E-state index in [1.165, 1.54) is 6.07 Å². The second-order valence-corrected chi connectivity index (χ2v) is 14.2. The topological polar surface area (TPSA) is 42.9 Å². The molecule has 11 aromatic rings. The summed E-state index contributed by atoms with van der Waals surface area (Å²) in [4.78, 5) is 3.71. The molecule has 0 amide bonds. The highest BCUT2D eigenvalue weighted by molar-refractivity contribution is 6.13. The number of nitrogens with zero attached hydrogens (tertiary/aromatic N) is 5.